The topological polar surface area (TPSA) is 42.0 Å². The number of fused-ring (bicyclic) bond motifs is 1. The van der Waals surface area contributed by atoms with Gasteiger partial charge in [-0.05, 0) is 23.3 Å². The summed E-state index contributed by atoms with van der Waals surface area (Å²) in [7, 11) is 0. The zero-order chi connectivity index (χ0) is 9.54. The third-order valence-electron chi connectivity index (χ3n) is 2.77. The highest BCUT2D eigenvalue weighted by Crippen LogP contribution is 2.32. The number of ether oxygens (including phenoxy) is 2. The van der Waals surface area contributed by atoms with Crippen LogP contribution in [0.4, 0.5) is 0 Å². The number of benzene rings is 1. The van der Waals surface area contributed by atoms with Crippen LogP contribution in [0.25, 0.3) is 0 Å². The molecule has 1 aromatic rings. The molecule has 74 valence electrons. The second-order valence-corrected chi connectivity index (χ2v) is 3.78. The van der Waals surface area contributed by atoms with Crippen molar-refractivity contribution in [2.24, 2.45) is 0 Å². The van der Waals surface area contributed by atoms with Gasteiger partial charge in [-0.2, -0.15) is 0 Å². The van der Waals surface area contributed by atoms with Gasteiger partial charge in [0.15, 0.2) is 0 Å². The molecule has 3 nitrogen and oxygen atoms in total. The first-order valence-electron chi connectivity index (χ1n) is 4.90. The molecule has 1 aromatic carbocycles. The van der Waals surface area contributed by atoms with E-state index in [9.17, 15) is 5.11 Å². The fourth-order valence-corrected chi connectivity index (χ4v) is 1.84. The van der Waals surface area contributed by atoms with E-state index in [1.54, 1.807) is 0 Å². The molecule has 1 N–H and O–H groups in total. The molecule has 0 aliphatic carbocycles. The summed E-state index contributed by atoms with van der Waals surface area (Å²) in [5, 5.41) is 9.83. The standard InChI is InChI=1S/C11H12O3/c12-11(10-6-14-10)8-1-2-9-7(5-8)3-4-13-9/h1-2,5,10-12H,3-4,6H2. The normalized spacial score (nSPS) is 25.4. The number of rotatable bonds is 2. The predicted molar refractivity (Wildman–Crippen MR) is 50.3 cm³/mol. The first-order chi connectivity index (χ1) is 6.84. The van der Waals surface area contributed by atoms with Crippen LogP contribution >= 0.6 is 0 Å². The van der Waals surface area contributed by atoms with E-state index in [0.717, 1.165) is 24.3 Å². The largest absolute Gasteiger partial charge is 0.493 e. The lowest BCUT2D eigenvalue weighted by molar-refractivity contribution is 0.137. The van der Waals surface area contributed by atoms with Gasteiger partial charge < -0.3 is 14.6 Å². The average Bonchev–Trinajstić information content (AvgIpc) is 2.95. The fraction of sp³-hybridized carbons (Fsp3) is 0.455. The molecule has 1 fully saturated rings. The Morgan fingerprint density at radius 3 is 3.07 bits per heavy atom. The molecule has 0 aromatic heterocycles. The molecule has 0 amide bonds. The number of aliphatic hydroxyl groups excluding tert-OH is 1. The molecular formula is C11H12O3. The van der Waals surface area contributed by atoms with Gasteiger partial charge in [0.2, 0.25) is 0 Å². The van der Waals surface area contributed by atoms with Gasteiger partial charge in [-0.1, -0.05) is 6.07 Å². The maximum atomic E-state index is 9.83. The van der Waals surface area contributed by atoms with E-state index in [1.807, 2.05) is 18.2 Å². The molecule has 0 saturated carbocycles. The SMILES string of the molecule is OC(c1ccc2c(c1)CCO2)C1CO1. The van der Waals surface area contributed by atoms with Crippen LogP contribution in [0.1, 0.15) is 17.2 Å². The van der Waals surface area contributed by atoms with Crippen LogP contribution in [0.5, 0.6) is 5.75 Å². The smallest absolute Gasteiger partial charge is 0.122 e. The molecule has 2 unspecified atom stereocenters. The summed E-state index contributed by atoms with van der Waals surface area (Å²) in [6.45, 7) is 1.43. The van der Waals surface area contributed by atoms with Crippen molar-refractivity contribution in [3.05, 3.63) is 29.3 Å². The van der Waals surface area contributed by atoms with Crippen molar-refractivity contribution in [1.29, 1.82) is 0 Å². The zero-order valence-electron chi connectivity index (χ0n) is 7.77. The van der Waals surface area contributed by atoms with Gasteiger partial charge in [0.05, 0.1) is 13.2 Å². The van der Waals surface area contributed by atoms with Crippen molar-refractivity contribution in [2.75, 3.05) is 13.2 Å². The van der Waals surface area contributed by atoms with Gasteiger partial charge in [0, 0.05) is 6.42 Å². The van der Waals surface area contributed by atoms with Crippen LogP contribution in [-0.2, 0) is 11.2 Å². The summed E-state index contributed by atoms with van der Waals surface area (Å²) in [5.41, 5.74) is 2.14. The van der Waals surface area contributed by atoms with E-state index < -0.39 is 6.10 Å². The summed E-state index contributed by atoms with van der Waals surface area (Å²) in [6.07, 6.45) is 0.484. The van der Waals surface area contributed by atoms with Crippen molar-refractivity contribution < 1.29 is 14.6 Å². The van der Waals surface area contributed by atoms with Crippen LogP contribution in [0, 0.1) is 0 Å². The lowest BCUT2D eigenvalue weighted by Gasteiger charge is -2.08. The Kier molecular flexibility index (Phi) is 1.75. The monoisotopic (exact) mass is 192 g/mol. The van der Waals surface area contributed by atoms with Crippen molar-refractivity contribution in [3.8, 4) is 5.75 Å². The minimum Gasteiger partial charge on any atom is -0.493 e. The molecule has 0 spiro atoms. The molecule has 3 heteroatoms. The summed E-state index contributed by atoms with van der Waals surface area (Å²) < 4.78 is 10.5. The number of hydrogen-bond donors (Lipinski definition) is 1. The molecule has 3 rings (SSSR count). The van der Waals surface area contributed by atoms with E-state index in [-0.39, 0.29) is 6.10 Å². The molecular weight excluding hydrogens is 180 g/mol. The van der Waals surface area contributed by atoms with Crippen LogP contribution in [-0.4, -0.2) is 24.4 Å². The summed E-state index contributed by atoms with van der Waals surface area (Å²) in [6, 6.07) is 5.87. The highest BCUT2D eigenvalue weighted by Gasteiger charge is 2.32. The van der Waals surface area contributed by atoms with Crippen molar-refractivity contribution in [3.63, 3.8) is 0 Å². The minimum atomic E-state index is -0.471. The van der Waals surface area contributed by atoms with Gasteiger partial charge in [-0.25, -0.2) is 0 Å². The molecule has 1 saturated heterocycles. The third kappa shape index (κ3) is 1.29. The summed E-state index contributed by atoms with van der Waals surface area (Å²) in [4.78, 5) is 0. The minimum absolute atomic E-state index is 0.00960. The Bertz CT molecular complexity index is 358. The van der Waals surface area contributed by atoms with E-state index in [0.29, 0.717) is 6.61 Å². The Labute approximate surface area is 82.3 Å². The van der Waals surface area contributed by atoms with E-state index in [1.165, 1.54) is 5.56 Å². The molecule has 0 bridgehead atoms. The lowest BCUT2D eigenvalue weighted by Crippen LogP contribution is -2.04. The Balaban J connectivity index is 1.91. The number of epoxide rings is 1. The maximum absolute atomic E-state index is 9.83. The average molecular weight is 192 g/mol. The third-order valence-corrected chi connectivity index (χ3v) is 2.77. The number of aliphatic hydroxyl groups is 1. The van der Waals surface area contributed by atoms with Crippen LogP contribution < -0.4 is 4.74 Å². The van der Waals surface area contributed by atoms with Gasteiger partial charge in [0.25, 0.3) is 0 Å². The second kappa shape index (κ2) is 2.97. The summed E-state index contributed by atoms with van der Waals surface area (Å²) >= 11 is 0. The Morgan fingerprint density at radius 2 is 2.29 bits per heavy atom. The molecule has 14 heavy (non-hydrogen) atoms. The Morgan fingerprint density at radius 1 is 1.43 bits per heavy atom. The highest BCUT2D eigenvalue weighted by atomic mass is 16.6. The first-order valence-corrected chi connectivity index (χ1v) is 4.90. The van der Waals surface area contributed by atoms with Gasteiger partial charge in [-0.3, -0.25) is 0 Å². The highest BCUT2D eigenvalue weighted by molar-refractivity contribution is 5.40. The van der Waals surface area contributed by atoms with Gasteiger partial charge in [-0.15, -0.1) is 0 Å². The molecule has 2 atom stereocenters. The molecule has 2 aliphatic heterocycles. The van der Waals surface area contributed by atoms with Crippen LogP contribution in [0.15, 0.2) is 18.2 Å². The van der Waals surface area contributed by atoms with Crippen molar-refractivity contribution >= 4 is 0 Å². The van der Waals surface area contributed by atoms with E-state index in [4.69, 9.17) is 9.47 Å². The van der Waals surface area contributed by atoms with Crippen LogP contribution in [0.2, 0.25) is 0 Å². The zero-order valence-corrected chi connectivity index (χ0v) is 7.77. The van der Waals surface area contributed by atoms with Gasteiger partial charge >= 0.3 is 0 Å². The second-order valence-electron chi connectivity index (χ2n) is 3.78. The fourth-order valence-electron chi connectivity index (χ4n) is 1.84. The van der Waals surface area contributed by atoms with Crippen molar-refractivity contribution in [2.45, 2.75) is 18.6 Å². The quantitative estimate of drug-likeness (QED) is 0.712. The van der Waals surface area contributed by atoms with Crippen molar-refractivity contribution in [1.82, 2.24) is 0 Å². The lowest BCUT2D eigenvalue weighted by atomic mass is 10.0. The predicted octanol–water partition coefficient (Wildman–Crippen LogP) is 1.05. The Hall–Kier alpha value is -1.06. The van der Waals surface area contributed by atoms with Gasteiger partial charge in [0.1, 0.15) is 18.0 Å². The number of hydrogen-bond acceptors (Lipinski definition) is 3. The molecule has 2 heterocycles. The maximum Gasteiger partial charge on any atom is 0.122 e. The van der Waals surface area contributed by atoms with E-state index >= 15 is 0 Å². The summed E-state index contributed by atoms with van der Waals surface area (Å²) in [5.74, 6) is 0.956. The molecule has 0 radical (unpaired) electrons. The first kappa shape index (κ1) is 8.26. The van der Waals surface area contributed by atoms with E-state index in [2.05, 4.69) is 0 Å². The van der Waals surface area contributed by atoms with Crippen LogP contribution in [0.3, 0.4) is 0 Å². The molecule has 2 aliphatic rings.